The molecule has 0 radical (unpaired) electrons. The zero-order valence-electron chi connectivity index (χ0n) is 42.7. The number of alkyl halides is 1. The van der Waals surface area contributed by atoms with Crippen LogP contribution in [0.2, 0.25) is 0 Å². The third-order valence-corrected chi connectivity index (χ3v) is 15.5. The van der Waals surface area contributed by atoms with Crippen LogP contribution in [-0.4, -0.2) is 119 Å². The fourth-order valence-corrected chi connectivity index (χ4v) is 12.1. The van der Waals surface area contributed by atoms with Gasteiger partial charge < -0.3 is 60.1 Å². The maximum atomic E-state index is 15.3. The van der Waals surface area contributed by atoms with E-state index in [9.17, 15) is 33.5 Å². The van der Waals surface area contributed by atoms with E-state index in [1.54, 1.807) is 4.90 Å². The first-order valence-electron chi connectivity index (χ1n) is 25.5. The minimum Gasteiger partial charge on any atom is -0.492 e. The number of methoxy groups -OCH3 is 1. The van der Waals surface area contributed by atoms with Gasteiger partial charge in [-0.25, -0.2) is 28.0 Å². The number of pyridine rings is 1. The Bertz CT molecular complexity index is 2580. The number of carbonyl (C=O) groups excluding carboxylic acids is 3. The van der Waals surface area contributed by atoms with Gasteiger partial charge in [-0.2, -0.15) is 0 Å². The monoisotopic (exact) mass is 1010 g/mol. The second-order valence-corrected chi connectivity index (χ2v) is 23.0. The molecule has 3 aromatic rings. The van der Waals surface area contributed by atoms with Crippen molar-refractivity contribution in [3.8, 4) is 5.75 Å². The number of rotatable bonds is 8. The summed E-state index contributed by atoms with van der Waals surface area (Å²) in [6.45, 7) is 15.5. The first-order chi connectivity index (χ1) is 33.9. The molecule has 17 nitrogen and oxygen atoms in total. The summed E-state index contributed by atoms with van der Waals surface area (Å²) in [6.07, 6.45) is 8.46. The molecule has 19 heteroatoms. The van der Waals surface area contributed by atoms with Crippen LogP contribution in [0.25, 0.3) is 10.9 Å². The summed E-state index contributed by atoms with van der Waals surface area (Å²) in [6, 6.07) is 10.1. The lowest BCUT2D eigenvalue weighted by molar-refractivity contribution is 0.0433. The molecular weight excluding hydrogens is 933 g/mol. The van der Waals surface area contributed by atoms with E-state index in [1.165, 1.54) is 24.5 Å². The molecule has 0 bridgehead atoms. The second kappa shape index (κ2) is 20.3. The smallest absolute Gasteiger partial charge is 0.410 e. The highest BCUT2D eigenvalue weighted by Crippen LogP contribution is 2.49. The fourth-order valence-electron chi connectivity index (χ4n) is 12.1. The van der Waals surface area contributed by atoms with Crippen molar-refractivity contribution in [3.63, 3.8) is 0 Å². The average molecular weight is 1010 g/mol. The summed E-state index contributed by atoms with van der Waals surface area (Å²) in [5.41, 5.74) is 4.81. The van der Waals surface area contributed by atoms with Gasteiger partial charge in [0.05, 0.1) is 35.1 Å². The molecule has 72 heavy (non-hydrogen) atoms. The standard InChI is InChI=1S/C21H23F2N3O4.C20H28N2O4.C12H22N2O2/c1-30-19-16-11(18(27)12(20(28)29)8-26(16)15-6-13(15)22)5-14(23)17(19)25-7-10-3-2-4-21(10,24)9-25;1-19(2,3)26-17(23)21-20-11-7-10-16(20)12-22(14-20)18(24)25-13-15-8-5-4-6-9-15;1-11(2,3)16-10(15)14-12-6-4-5-9(12)7-13-8-12/h5,8,10,13,15H,2-4,6-7,9,24H2,1H3,(H,28,29);4-6,8-9,16H,7,10-14H2,1-3H3,(H,21,23);9,13H,4-8H2,1-3H3,(H,14,15)/t10?,13-,15+,21?;;/m0../s1. The van der Waals surface area contributed by atoms with E-state index in [0.29, 0.717) is 32.1 Å². The number of nitrogens with zero attached hydrogens (tertiary/aromatic N) is 3. The van der Waals surface area contributed by atoms with Crippen molar-refractivity contribution in [2.45, 2.75) is 152 Å². The minimum atomic E-state index is -1.44. The number of ether oxygens (including phenoxy) is 4. The number of amides is 3. The lowest BCUT2D eigenvalue weighted by Gasteiger charge is -2.31. The summed E-state index contributed by atoms with van der Waals surface area (Å²) < 4.78 is 52.5. The molecule has 7 fully saturated rings. The van der Waals surface area contributed by atoms with E-state index in [4.69, 9.17) is 24.7 Å². The van der Waals surface area contributed by atoms with E-state index in [-0.39, 0.29) is 70.5 Å². The topological polar surface area (TPSA) is 216 Å². The lowest BCUT2D eigenvalue weighted by Crippen LogP contribution is -2.53. The van der Waals surface area contributed by atoms with E-state index in [0.717, 1.165) is 75.9 Å². The molecule has 3 amide bonds. The molecule has 7 aliphatic rings. The fraction of sp³-hybridized carbons (Fsp3) is 0.642. The molecule has 2 aromatic carbocycles. The van der Waals surface area contributed by atoms with Gasteiger partial charge in [0.1, 0.15) is 35.2 Å². The molecule has 1 aromatic heterocycles. The number of carboxylic acids is 1. The Hall–Kier alpha value is -5.69. The van der Waals surface area contributed by atoms with Crippen LogP contribution in [0.1, 0.15) is 128 Å². The highest BCUT2D eigenvalue weighted by atomic mass is 19.1. The predicted octanol–water partition coefficient (Wildman–Crippen LogP) is 7.80. The van der Waals surface area contributed by atoms with E-state index in [2.05, 4.69) is 16.0 Å². The van der Waals surface area contributed by atoms with E-state index >= 15 is 4.39 Å². The summed E-state index contributed by atoms with van der Waals surface area (Å²) in [5.74, 6) is -0.928. The number of carbonyl (C=O) groups is 4. The van der Waals surface area contributed by atoms with Crippen molar-refractivity contribution in [1.82, 2.24) is 25.4 Å². The number of fused-ring (bicyclic) bond motifs is 4. The van der Waals surface area contributed by atoms with Crippen LogP contribution in [0.15, 0.2) is 47.4 Å². The molecule has 3 aliphatic heterocycles. The number of alkyl carbamates (subject to hydrolysis) is 2. The van der Waals surface area contributed by atoms with Crippen LogP contribution in [0.3, 0.4) is 0 Å². The Kier molecular flexibility index (Phi) is 14.8. The third-order valence-electron chi connectivity index (χ3n) is 15.5. The molecule has 8 atom stereocenters. The van der Waals surface area contributed by atoms with Crippen molar-refractivity contribution >= 4 is 40.8 Å². The predicted molar refractivity (Wildman–Crippen MR) is 267 cm³/mol. The van der Waals surface area contributed by atoms with Crippen molar-refractivity contribution in [2.24, 2.45) is 23.5 Å². The van der Waals surface area contributed by atoms with Crippen LogP contribution >= 0.6 is 0 Å². The first-order valence-corrected chi connectivity index (χ1v) is 25.5. The normalized spacial score (nSPS) is 28.9. The molecule has 6 N–H and O–H groups in total. The second-order valence-electron chi connectivity index (χ2n) is 23.0. The molecular formula is C53H73F2N7O10. The van der Waals surface area contributed by atoms with Gasteiger partial charge in [-0.3, -0.25) is 4.79 Å². The van der Waals surface area contributed by atoms with Crippen LogP contribution in [0.4, 0.5) is 28.9 Å². The van der Waals surface area contributed by atoms with Crippen LogP contribution < -0.4 is 36.7 Å². The molecule has 3 saturated heterocycles. The highest BCUT2D eigenvalue weighted by molar-refractivity contribution is 5.97. The number of halogens is 2. The maximum absolute atomic E-state index is 15.3. The van der Waals surface area contributed by atoms with Crippen molar-refractivity contribution in [3.05, 3.63) is 69.8 Å². The third kappa shape index (κ3) is 11.3. The van der Waals surface area contributed by atoms with Crippen LogP contribution in [0.5, 0.6) is 5.75 Å². The number of carboxylic acid groups (broad SMARTS) is 1. The van der Waals surface area contributed by atoms with Gasteiger partial charge in [-0.15, -0.1) is 0 Å². The summed E-state index contributed by atoms with van der Waals surface area (Å²) in [5, 5.41) is 18.8. The number of nitrogens with one attached hydrogen (secondary N) is 3. The number of aromatic carboxylic acids is 1. The Morgan fingerprint density at radius 3 is 2.10 bits per heavy atom. The van der Waals surface area contributed by atoms with Crippen molar-refractivity contribution < 1.29 is 52.0 Å². The van der Waals surface area contributed by atoms with Gasteiger partial charge in [0, 0.05) is 63.3 Å². The highest BCUT2D eigenvalue weighted by Gasteiger charge is 2.53. The Labute approximate surface area is 419 Å². The number of likely N-dealkylation sites (tertiary alicyclic amines) is 1. The van der Waals surface area contributed by atoms with Crippen molar-refractivity contribution in [2.75, 3.05) is 51.3 Å². The molecule has 4 aliphatic carbocycles. The average Bonchev–Trinajstić information content (AvgIpc) is 3.88. The van der Waals surface area contributed by atoms with E-state index < -0.39 is 57.8 Å². The largest absolute Gasteiger partial charge is 0.492 e. The quantitative estimate of drug-likeness (QED) is 0.136. The molecule has 394 valence electrons. The molecule has 6 unspecified atom stereocenters. The number of nitrogens with two attached hydrogens (primary N) is 1. The number of hydrogen-bond acceptors (Lipinski definition) is 12. The number of benzene rings is 2. The first kappa shape index (κ1) is 52.6. The Morgan fingerprint density at radius 1 is 0.875 bits per heavy atom. The van der Waals surface area contributed by atoms with Gasteiger partial charge in [-0.05, 0) is 104 Å². The molecule has 4 heterocycles. The van der Waals surface area contributed by atoms with Gasteiger partial charge >= 0.3 is 24.2 Å². The van der Waals surface area contributed by atoms with Gasteiger partial charge in [0.2, 0.25) is 5.43 Å². The van der Waals surface area contributed by atoms with Crippen molar-refractivity contribution in [1.29, 1.82) is 0 Å². The zero-order chi connectivity index (χ0) is 52.0. The lowest BCUT2D eigenvalue weighted by atomic mass is 9.91. The van der Waals surface area contributed by atoms with E-state index in [1.807, 2.05) is 76.8 Å². The maximum Gasteiger partial charge on any atom is 0.410 e. The molecule has 4 saturated carbocycles. The summed E-state index contributed by atoms with van der Waals surface area (Å²) in [7, 11) is 1.37. The summed E-state index contributed by atoms with van der Waals surface area (Å²) in [4.78, 5) is 64.4. The van der Waals surface area contributed by atoms with Gasteiger partial charge in [-0.1, -0.05) is 49.6 Å². The number of hydrogen-bond donors (Lipinski definition) is 5. The number of aromatic nitrogens is 1. The summed E-state index contributed by atoms with van der Waals surface area (Å²) >= 11 is 0. The van der Waals surface area contributed by atoms with Crippen LogP contribution in [-0.2, 0) is 20.8 Å². The SMILES string of the molecule is CC(C)(C)OC(=O)NC12CCCC1CN(C(=O)OCc1ccccc1)C2.CC(C)(C)OC(=O)NC12CCCC1CNC2.COc1c(N2CC3CCCC3(N)C2)c(F)cc2c(=O)c(C(=O)O)cn([C@@H]3C[C@@H]3F)c12. The Balaban J connectivity index is 0.000000151. The zero-order valence-corrected chi connectivity index (χ0v) is 42.7. The molecule has 10 rings (SSSR count). The van der Waals surface area contributed by atoms with Crippen LogP contribution in [0, 0.1) is 23.6 Å². The van der Waals surface area contributed by atoms with Gasteiger partial charge in [0.25, 0.3) is 0 Å². The Morgan fingerprint density at radius 2 is 1.49 bits per heavy atom. The number of anilines is 1. The van der Waals surface area contributed by atoms with Gasteiger partial charge in [0.15, 0.2) is 11.6 Å². The molecule has 0 spiro atoms. The minimum absolute atomic E-state index is 0.0394.